The Kier molecular flexibility index (Phi) is 2.94. The van der Waals surface area contributed by atoms with Gasteiger partial charge in [0.05, 0.1) is 5.52 Å². The number of nitrogens with zero attached hydrogens (tertiary/aromatic N) is 1. The fourth-order valence-electron chi connectivity index (χ4n) is 2.80. The van der Waals surface area contributed by atoms with E-state index in [9.17, 15) is 4.79 Å². The Morgan fingerprint density at radius 3 is 2.40 bits per heavy atom. The largest absolute Gasteiger partial charge is 0.350 e. The second-order valence-electron chi connectivity index (χ2n) is 5.32. The maximum absolute atomic E-state index is 12.8. The van der Waals surface area contributed by atoms with Gasteiger partial charge < -0.3 is 4.57 Å². The molecule has 0 spiro atoms. The fraction of sp³-hybridized carbons (Fsp3) is 0.167. The van der Waals surface area contributed by atoms with Crippen molar-refractivity contribution >= 4 is 10.9 Å². The SMILES string of the molecule is Cc1cc(C)c2c(=O)c(-c3ccccc3)cn(C)c2c1. The predicted octanol–water partition coefficient (Wildman–Crippen LogP) is 3.82. The summed E-state index contributed by atoms with van der Waals surface area (Å²) < 4.78 is 2.04. The highest BCUT2D eigenvalue weighted by atomic mass is 16.1. The summed E-state index contributed by atoms with van der Waals surface area (Å²) >= 11 is 0. The molecule has 2 aromatic carbocycles. The average molecular weight is 263 g/mol. The average Bonchev–Trinajstić information content (AvgIpc) is 2.43. The molecule has 3 aromatic rings. The summed E-state index contributed by atoms with van der Waals surface area (Å²) in [6.45, 7) is 4.06. The monoisotopic (exact) mass is 263 g/mol. The van der Waals surface area contributed by atoms with Gasteiger partial charge in [0.1, 0.15) is 0 Å². The highest BCUT2D eigenvalue weighted by Crippen LogP contribution is 2.22. The fourth-order valence-corrected chi connectivity index (χ4v) is 2.80. The van der Waals surface area contributed by atoms with Crippen LogP contribution in [-0.4, -0.2) is 4.57 Å². The molecule has 0 unspecified atom stereocenters. The molecule has 0 amide bonds. The van der Waals surface area contributed by atoms with Crippen LogP contribution in [-0.2, 0) is 7.05 Å². The summed E-state index contributed by atoms with van der Waals surface area (Å²) in [5.41, 5.74) is 5.05. The molecule has 2 nitrogen and oxygen atoms in total. The Bertz CT molecular complexity index is 845. The van der Waals surface area contributed by atoms with E-state index >= 15 is 0 Å². The van der Waals surface area contributed by atoms with Gasteiger partial charge in [0, 0.05) is 24.2 Å². The van der Waals surface area contributed by atoms with Crippen LogP contribution in [0, 0.1) is 13.8 Å². The van der Waals surface area contributed by atoms with Gasteiger partial charge in [-0.25, -0.2) is 0 Å². The van der Waals surface area contributed by atoms with Gasteiger partial charge in [-0.15, -0.1) is 0 Å². The molecule has 20 heavy (non-hydrogen) atoms. The topological polar surface area (TPSA) is 22.0 Å². The van der Waals surface area contributed by atoms with Gasteiger partial charge in [-0.2, -0.15) is 0 Å². The molecular formula is C18H17NO. The van der Waals surface area contributed by atoms with E-state index in [0.29, 0.717) is 0 Å². The minimum Gasteiger partial charge on any atom is -0.350 e. The minimum absolute atomic E-state index is 0.113. The van der Waals surface area contributed by atoms with Gasteiger partial charge in [0.2, 0.25) is 0 Å². The quantitative estimate of drug-likeness (QED) is 0.654. The van der Waals surface area contributed by atoms with Crippen molar-refractivity contribution in [1.29, 1.82) is 0 Å². The highest BCUT2D eigenvalue weighted by molar-refractivity contribution is 5.87. The third-order valence-corrected chi connectivity index (χ3v) is 3.72. The van der Waals surface area contributed by atoms with Crippen molar-refractivity contribution < 1.29 is 0 Å². The minimum atomic E-state index is 0.113. The van der Waals surface area contributed by atoms with Crippen LogP contribution in [0.1, 0.15) is 11.1 Å². The number of aromatic nitrogens is 1. The van der Waals surface area contributed by atoms with E-state index in [0.717, 1.165) is 27.6 Å². The summed E-state index contributed by atoms with van der Waals surface area (Å²) in [4.78, 5) is 12.8. The van der Waals surface area contributed by atoms with Gasteiger partial charge in [0.15, 0.2) is 5.43 Å². The molecule has 0 fully saturated rings. The molecular weight excluding hydrogens is 246 g/mol. The first-order chi connectivity index (χ1) is 9.58. The van der Waals surface area contributed by atoms with Crippen molar-refractivity contribution in [1.82, 2.24) is 4.57 Å². The standard InChI is InChI=1S/C18H17NO/c1-12-9-13(2)17-16(10-12)19(3)11-15(18(17)20)14-7-5-4-6-8-14/h4-11H,1-3H3. The van der Waals surface area contributed by atoms with Gasteiger partial charge >= 0.3 is 0 Å². The van der Waals surface area contributed by atoms with Crippen LogP contribution in [0.3, 0.4) is 0 Å². The molecule has 0 bridgehead atoms. The summed E-state index contributed by atoms with van der Waals surface area (Å²) in [7, 11) is 1.99. The maximum atomic E-state index is 12.8. The van der Waals surface area contributed by atoms with Crippen LogP contribution in [0.15, 0.2) is 53.5 Å². The van der Waals surface area contributed by atoms with Gasteiger partial charge in [-0.1, -0.05) is 36.4 Å². The second-order valence-corrected chi connectivity index (χ2v) is 5.32. The zero-order valence-electron chi connectivity index (χ0n) is 12.0. The molecule has 0 saturated heterocycles. The van der Waals surface area contributed by atoms with Crippen LogP contribution < -0.4 is 5.43 Å². The van der Waals surface area contributed by atoms with Crippen LogP contribution in [0.25, 0.3) is 22.0 Å². The lowest BCUT2D eigenvalue weighted by Gasteiger charge is -2.12. The molecule has 0 radical (unpaired) electrons. The third kappa shape index (κ3) is 1.94. The van der Waals surface area contributed by atoms with Gasteiger partial charge in [-0.3, -0.25) is 4.79 Å². The van der Waals surface area contributed by atoms with Crippen LogP contribution >= 0.6 is 0 Å². The Hall–Kier alpha value is -2.35. The first-order valence-corrected chi connectivity index (χ1v) is 6.74. The number of aryl methyl sites for hydroxylation is 3. The summed E-state index contributed by atoms with van der Waals surface area (Å²) in [6, 6.07) is 14.0. The van der Waals surface area contributed by atoms with Crippen molar-refractivity contribution in [2.75, 3.05) is 0 Å². The number of hydrogen-bond donors (Lipinski definition) is 0. The van der Waals surface area contributed by atoms with E-state index in [2.05, 4.69) is 19.1 Å². The van der Waals surface area contributed by atoms with Crippen molar-refractivity contribution in [3.8, 4) is 11.1 Å². The Labute approximate surface area is 118 Å². The van der Waals surface area contributed by atoms with Crippen molar-refractivity contribution in [2.24, 2.45) is 7.05 Å². The Morgan fingerprint density at radius 1 is 1.00 bits per heavy atom. The van der Waals surface area contributed by atoms with Crippen molar-refractivity contribution in [3.05, 3.63) is 70.0 Å². The van der Waals surface area contributed by atoms with E-state index in [1.165, 1.54) is 5.56 Å². The van der Waals surface area contributed by atoms with Crippen LogP contribution in [0.4, 0.5) is 0 Å². The third-order valence-electron chi connectivity index (χ3n) is 3.72. The summed E-state index contributed by atoms with van der Waals surface area (Å²) in [6.07, 6.45) is 1.93. The number of pyridine rings is 1. The molecule has 0 aliphatic rings. The first kappa shape index (κ1) is 12.7. The van der Waals surface area contributed by atoms with E-state index in [4.69, 9.17) is 0 Å². The molecule has 1 aromatic heterocycles. The Balaban J connectivity index is 2.44. The van der Waals surface area contributed by atoms with Crippen LogP contribution in [0.2, 0.25) is 0 Å². The second kappa shape index (κ2) is 4.64. The van der Waals surface area contributed by atoms with E-state index in [1.807, 2.05) is 55.1 Å². The molecule has 0 saturated carbocycles. The smallest absolute Gasteiger partial charge is 0.197 e. The summed E-state index contributed by atoms with van der Waals surface area (Å²) in [5.74, 6) is 0. The Morgan fingerprint density at radius 2 is 1.70 bits per heavy atom. The zero-order valence-corrected chi connectivity index (χ0v) is 12.0. The van der Waals surface area contributed by atoms with Gasteiger partial charge in [-0.05, 0) is 36.6 Å². The highest BCUT2D eigenvalue weighted by Gasteiger charge is 2.11. The number of hydrogen-bond acceptors (Lipinski definition) is 1. The molecule has 1 heterocycles. The lowest BCUT2D eigenvalue weighted by molar-refractivity contribution is 0.950. The van der Waals surface area contributed by atoms with Gasteiger partial charge in [0.25, 0.3) is 0 Å². The number of fused-ring (bicyclic) bond motifs is 1. The molecule has 0 N–H and O–H groups in total. The molecule has 0 atom stereocenters. The zero-order chi connectivity index (χ0) is 14.3. The molecule has 100 valence electrons. The predicted molar refractivity (Wildman–Crippen MR) is 84.1 cm³/mol. The molecule has 2 heteroatoms. The lowest BCUT2D eigenvalue weighted by Crippen LogP contribution is -2.11. The van der Waals surface area contributed by atoms with E-state index in [-0.39, 0.29) is 5.43 Å². The normalized spacial score (nSPS) is 10.9. The number of benzene rings is 2. The molecule has 3 rings (SSSR count). The first-order valence-electron chi connectivity index (χ1n) is 6.74. The van der Waals surface area contributed by atoms with Crippen LogP contribution in [0.5, 0.6) is 0 Å². The molecule has 0 aliphatic carbocycles. The lowest BCUT2D eigenvalue weighted by atomic mass is 10.0. The summed E-state index contributed by atoms with van der Waals surface area (Å²) in [5, 5.41) is 0.819. The molecule has 0 aliphatic heterocycles. The van der Waals surface area contributed by atoms with E-state index in [1.54, 1.807) is 0 Å². The van der Waals surface area contributed by atoms with Crippen molar-refractivity contribution in [2.45, 2.75) is 13.8 Å². The number of rotatable bonds is 1. The van der Waals surface area contributed by atoms with Crippen molar-refractivity contribution in [3.63, 3.8) is 0 Å². The maximum Gasteiger partial charge on any atom is 0.197 e. The van der Waals surface area contributed by atoms with E-state index < -0.39 is 0 Å².